The molecule has 10 nitrogen and oxygen atoms in total. The molecule has 0 aromatic carbocycles. The quantitative estimate of drug-likeness (QED) is 0.191. The number of halogens is 1. The van der Waals surface area contributed by atoms with Crippen molar-refractivity contribution in [3.63, 3.8) is 0 Å². The number of nitrogens with one attached hydrogen (secondary N) is 4. The predicted molar refractivity (Wildman–Crippen MR) is 138 cm³/mol. The Balaban J connectivity index is 1.68. The van der Waals surface area contributed by atoms with E-state index in [-0.39, 0.29) is 11.1 Å². The van der Waals surface area contributed by atoms with Crippen molar-refractivity contribution in [2.45, 2.75) is 44.5 Å². The van der Waals surface area contributed by atoms with Crippen LogP contribution in [-0.2, 0) is 4.79 Å². The number of hydrogen-bond acceptors (Lipinski definition) is 7. The largest absolute Gasteiger partial charge is 0.367 e. The highest BCUT2D eigenvalue weighted by Gasteiger charge is 2.30. The predicted octanol–water partition coefficient (Wildman–Crippen LogP) is 3.31. The molecule has 0 radical (unpaired) electrons. The zero-order chi connectivity index (χ0) is 24.9. The first-order valence-corrected chi connectivity index (χ1v) is 12.2. The van der Waals surface area contributed by atoms with Gasteiger partial charge in [0, 0.05) is 30.4 Å². The van der Waals surface area contributed by atoms with E-state index >= 15 is 0 Å². The number of piperidine rings is 1. The maximum Gasteiger partial charge on any atom is 0.328 e. The number of rotatable bonds is 8. The van der Waals surface area contributed by atoms with Crippen molar-refractivity contribution in [2.24, 2.45) is 0 Å². The molecule has 3 amide bonds. The van der Waals surface area contributed by atoms with Gasteiger partial charge in [-0.25, -0.2) is 9.78 Å². The molecule has 0 spiro atoms. The number of anilines is 2. The molecule has 4 heterocycles. The number of allylic oxidation sites excluding steroid dienone is 4. The van der Waals surface area contributed by atoms with E-state index in [1.54, 1.807) is 16.8 Å². The smallest absolute Gasteiger partial charge is 0.328 e. The van der Waals surface area contributed by atoms with Crippen molar-refractivity contribution in [3.05, 3.63) is 47.4 Å². The number of urea groups is 1. The minimum absolute atomic E-state index is 0.00506. The van der Waals surface area contributed by atoms with Gasteiger partial charge in [-0.1, -0.05) is 19.1 Å². The van der Waals surface area contributed by atoms with Crippen molar-refractivity contribution in [3.8, 4) is 0 Å². The molecule has 11 heteroatoms. The Labute approximate surface area is 209 Å². The van der Waals surface area contributed by atoms with Crippen molar-refractivity contribution in [1.82, 2.24) is 30.1 Å². The van der Waals surface area contributed by atoms with Crippen LogP contribution >= 0.6 is 11.6 Å². The second kappa shape index (κ2) is 10.9. The highest BCUT2D eigenvalue weighted by atomic mass is 35.5. The second-order valence-electron chi connectivity index (χ2n) is 8.67. The monoisotopic (exact) mass is 498 g/mol. The average molecular weight is 499 g/mol. The van der Waals surface area contributed by atoms with Gasteiger partial charge in [-0.05, 0) is 51.4 Å². The maximum atomic E-state index is 12.4. The molecule has 1 atom stereocenters. The Kier molecular flexibility index (Phi) is 7.72. The number of carbonyl (C=O) groups is 2. The van der Waals surface area contributed by atoms with Crippen LogP contribution in [0.5, 0.6) is 0 Å². The summed E-state index contributed by atoms with van der Waals surface area (Å²) in [6, 6.07) is 1.77. The Hall–Kier alpha value is -3.37. The summed E-state index contributed by atoms with van der Waals surface area (Å²) in [4.78, 5) is 30.0. The lowest BCUT2D eigenvalue weighted by atomic mass is 10.1. The van der Waals surface area contributed by atoms with Crippen molar-refractivity contribution in [2.75, 3.05) is 30.8 Å². The summed E-state index contributed by atoms with van der Waals surface area (Å²) in [5.41, 5.74) is 2.26. The van der Waals surface area contributed by atoms with E-state index in [1.807, 2.05) is 38.1 Å². The third kappa shape index (κ3) is 5.83. The lowest BCUT2D eigenvalue weighted by molar-refractivity contribution is -0.121. The minimum atomic E-state index is -0.461. The molecule has 4 rings (SSSR count). The van der Waals surface area contributed by atoms with E-state index in [0.29, 0.717) is 23.1 Å². The molecule has 2 aromatic rings. The molecule has 2 aliphatic rings. The lowest BCUT2D eigenvalue weighted by Gasteiger charge is -2.25. The van der Waals surface area contributed by atoms with E-state index < -0.39 is 11.9 Å². The van der Waals surface area contributed by atoms with Gasteiger partial charge >= 0.3 is 6.03 Å². The van der Waals surface area contributed by atoms with Gasteiger partial charge in [-0.3, -0.25) is 9.69 Å². The number of alkyl halides is 1. The van der Waals surface area contributed by atoms with E-state index in [9.17, 15) is 9.59 Å². The highest BCUT2D eigenvalue weighted by Crippen LogP contribution is 2.24. The van der Waals surface area contributed by atoms with Crippen LogP contribution in [0.4, 0.5) is 16.4 Å². The van der Waals surface area contributed by atoms with Gasteiger partial charge in [0.05, 0.1) is 11.6 Å². The maximum absolute atomic E-state index is 12.4. The van der Waals surface area contributed by atoms with Gasteiger partial charge in [0.1, 0.15) is 17.3 Å². The van der Waals surface area contributed by atoms with Crippen LogP contribution in [0.15, 0.2) is 41.9 Å². The first kappa shape index (κ1) is 24.7. The standard InChI is InChI=1S/C24H31ClN8O2/c1-4-17(25)7-5-6-15(2)28-20-13-21(29-18-8-10-26-11-9-18)33-22(31-20)16(14-27-33)12-19-23(34)32(3)24(35)30-19/h5-7,12-14,17-18,26,29H,4,8-11H2,1-3H3,(H,28,31)(H,30,35)/b7-5-,15-6+,19-12-. The molecular formula is C24H31ClN8O2. The first-order valence-electron chi connectivity index (χ1n) is 11.8. The third-order valence-electron chi connectivity index (χ3n) is 5.95. The fraction of sp³-hybridized carbons (Fsp3) is 0.417. The Morgan fingerprint density at radius 1 is 1.34 bits per heavy atom. The molecule has 2 aromatic heterocycles. The van der Waals surface area contributed by atoms with Gasteiger partial charge in [-0.15, -0.1) is 11.6 Å². The Bertz CT molecular complexity index is 1200. The minimum Gasteiger partial charge on any atom is -0.367 e. The molecule has 186 valence electrons. The summed E-state index contributed by atoms with van der Waals surface area (Å²) in [6.45, 7) is 5.90. The first-order chi connectivity index (χ1) is 16.9. The zero-order valence-corrected chi connectivity index (χ0v) is 20.9. The fourth-order valence-corrected chi connectivity index (χ4v) is 3.99. The van der Waals surface area contributed by atoms with Gasteiger partial charge in [-0.2, -0.15) is 9.61 Å². The number of likely N-dealkylation sites (N-methyl/N-ethyl adjacent to an activating group) is 1. The molecule has 2 fully saturated rings. The summed E-state index contributed by atoms with van der Waals surface area (Å²) in [6.07, 6.45) is 11.9. The number of aromatic nitrogens is 3. The highest BCUT2D eigenvalue weighted by molar-refractivity contribution is 6.21. The van der Waals surface area contributed by atoms with Gasteiger partial charge in [0.25, 0.3) is 5.91 Å². The van der Waals surface area contributed by atoms with Gasteiger partial charge in [0.15, 0.2) is 5.65 Å². The van der Waals surface area contributed by atoms with E-state index in [1.165, 1.54) is 7.05 Å². The van der Waals surface area contributed by atoms with E-state index in [4.69, 9.17) is 16.6 Å². The summed E-state index contributed by atoms with van der Waals surface area (Å²) >= 11 is 6.16. The topological polar surface area (TPSA) is 116 Å². The molecule has 2 aliphatic heterocycles. The summed E-state index contributed by atoms with van der Waals surface area (Å²) in [5.74, 6) is 1.03. The van der Waals surface area contributed by atoms with Crippen LogP contribution in [0, 0.1) is 0 Å². The SMILES string of the molecule is CCC(Cl)/C=C\C=C(/C)Nc1cc(NC2CCNCC2)n2ncc(/C=C3\NC(=O)N(C)C3=O)c2n1. The number of amides is 3. The third-order valence-corrected chi connectivity index (χ3v) is 6.41. The molecule has 0 saturated carbocycles. The zero-order valence-electron chi connectivity index (χ0n) is 20.1. The van der Waals surface area contributed by atoms with Crippen molar-refractivity contribution < 1.29 is 9.59 Å². The number of hydrogen-bond donors (Lipinski definition) is 4. The molecule has 35 heavy (non-hydrogen) atoms. The Morgan fingerprint density at radius 2 is 2.11 bits per heavy atom. The van der Waals surface area contributed by atoms with E-state index in [0.717, 1.165) is 48.8 Å². The lowest BCUT2D eigenvalue weighted by Crippen LogP contribution is -2.35. The van der Waals surface area contributed by atoms with Crippen LogP contribution in [0.3, 0.4) is 0 Å². The summed E-state index contributed by atoms with van der Waals surface area (Å²) in [5, 5.41) is 17.4. The Morgan fingerprint density at radius 3 is 2.80 bits per heavy atom. The average Bonchev–Trinajstić information content (AvgIpc) is 3.35. The molecule has 1 unspecified atom stereocenters. The molecule has 0 bridgehead atoms. The van der Waals surface area contributed by atoms with E-state index in [2.05, 4.69) is 26.4 Å². The molecule has 2 saturated heterocycles. The summed E-state index contributed by atoms with van der Waals surface area (Å²) in [7, 11) is 1.44. The molecule has 0 aliphatic carbocycles. The van der Waals surface area contributed by atoms with Crippen LogP contribution in [0.25, 0.3) is 11.7 Å². The molecular weight excluding hydrogens is 468 g/mol. The number of nitrogens with zero attached hydrogens (tertiary/aromatic N) is 4. The number of fused-ring (bicyclic) bond motifs is 1. The van der Waals surface area contributed by atoms with Crippen LogP contribution < -0.4 is 21.3 Å². The normalized spacial score (nSPS) is 19.7. The second-order valence-corrected chi connectivity index (χ2v) is 9.23. The van der Waals surface area contributed by atoms with Gasteiger partial charge < -0.3 is 21.3 Å². The number of imide groups is 1. The molecule has 4 N–H and O–H groups in total. The van der Waals surface area contributed by atoms with Crippen LogP contribution in [-0.4, -0.2) is 63.0 Å². The van der Waals surface area contributed by atoms with Crippen LogP contribution in [0.1, 0.15) is 38.7 Å². The van der Waals surface area contributed by atoms with Crippen LogP contribution in [0.2, 0.25) is 0 Å². The fourth-order valence-electron chi connectivity index (χ4n) is 3.90. The summed E-state index contributed by atoms with van der Waals surface area (Å²) < 4.78 is 1.73. The van der Waals surface area contributed by atoms with Crippen molar-refractivity contribution >= 4 is 46.9 Å². The van der Waals surface area contributed by atoms with Crippen molar-refractivity contribution in [1.29, 1.82) is 0 Å². The number of carbonyl (C=O) groups excluding carboxylic acids is 2. The van der Waals surface area contributed by atoms with Gasteiger partial charge in [0.2, 0.25) is 0 Å².